The van der Waals surface area contributed by atoms with E-state index in [1.807, 2.05) is 13.0 Å². The Morgan fingerprint density at radius 2 is 1.68 bits per heavy atom. The Labute approximate surface area is 127 Å². The van der Waals surface area contributed by atoms with Crippen LogP contribution in [0.15, 0.2) is 30.3 Å². The molecule has 0 aliphatic carbocycles. The van der Waals surface area contributed by atoms with Crippen LogP contribution in [0, 0.1) is 0 Å². The first-order valence-corrected chi connectivity index (χ1v) is 8.05. The Kier molecular flexibility index (Phi) is 9.15. The van der Waals surface area contributed by atoms with Crippen molar-refractivity contribution in [1.82, 2.24) is 0 Å². The standard InChI is InChI=1S/C14H22O3S.Fe/c1-3-5-12-14(9-4-2)18(15,16)17-13-10-7-6-8-11-13;/h6-8,10-11,14H,3-5,9,12H2,1-2H3;. The third-order valence-corrected chi connectivity index (χ3v) is 4.57. The van der Waals surface area contributed by atoms with Crippen LogP contribution in [0.4, 0.5) is 0 Å². The summed E-state index contributed by atoms with van der Waals surface area (Å²) in [5, 5.41) is -0.386. The van der Waals surface area contributed by atoms with Crippen LogP contribution in [-0.2, 0) is 27.2 Å². The van der Waals surface area contributed by atoms with Crippen LogP contribution in [0.5, 0.6) is 5.75 Å². The van der Waals surface area contributed by atoms with Crippen LogP contribution in [0.25, 0.3) is 0 Å². The van der Waals surface area contributed by atoms with Crippen molar-refractivity contribution in [3.63, 3.8) is 0 Å². The first kappa shape index (κ1) is 18.5. The molecule has 0 aromatic heterocycles. The van der Waals surface area contributed by atoms with Crippen LogP contribution in [0.1, 0.15) is 46.0 Å². The van der Waals surface area contributed by atoms with Gasteiger partial charge in [-0.1, -0.05) is 51.3 Å². The molecule has 0 N–H and O–H groups in total. The Morgan fingerprint density at radius 1 is 1.05 bits per heavy atom. The molecule has 0 spiro atoms. The predicted octanol–water partition coefficient (Wildman–Crippen LogP) is 3.75. The normalized spacial score (nSPS) is 12.5. The van der Waals surface area contributed by atoms with E-state index >= 15 is 0 Å². The molecule has 0 aliphatic heterocycles. The first-order chi connectivity index (χ1) is 8.60. The molecule has 0 heterocycles. The first-order valence-electron chi connectivity index (χ1n) is 6.58. The molecule has 0 saturated heterocycles. The summed E-state index contributed by atoms with van der Waals surface area (Å²) >= 11 is 0. The third kappa shape index (κ3) is 6.46. The van der Waals surface area contributed by atoms with Crippen LogP contribution >= 0.6 is 0 Å². The van der Waals surface area contributed by atoms with E-state index in [9.17, 15) is 8.42 Å². The number of hydrogen-bond acceptors (Lipinski definition) is 3. The van der Waals surface area contributed by atoms with Gasteiger partial charge in [0, 0.05) is 17.1 Å². The average Bonchev–Trinajstić information content (AvgIpc) is 2.35. The van der Waals surface area contributed by atoms with Crippen molar-refractivity contribution >= 4 is 10.1 Å². The van der Waals surface area contributed by atoms with Crippen molar-refractivity contribution in [2.45, 2.75) is 51.2 Å². The minimum absolute atomic E-state index is 0. The van der Waals surface area contributed by atoms with Crippen molar-refractivity contribution in [3.8, 4) is 5.75 Å². The predicted molar refractivity (Wildman–Crippen MR) is 74.2 cm³/mol. The smallest absolute Gasteiger partial charge is 0.312 e. The van der Waals surface area contributed by atoms with Crippen molar-refractivity contribution in [3.05, 3.63) is 30.3 Å². The Morgan fingerprint density at radius 3 is 2.21 bits per heavy atom. The van der Waals surface area contributed by atoms with Gasteiger partial charge in [0.15, 0.2) is 0 Å². The van der Waals surface area contributed by atoms with Gasteiger partial charge in [-0.25, -0.2) is 0 Å². The van der Waals surface area contributed by atoms with Gasteiger partial charge in [0.1, 0.15) is 5.75 Å². The number of rotatable bonds is 8. The molecule has 3 nitrogen and oxygen atoms in total. The fraction of sp³-hybridized carbons (Fsp3) is 0.571. The van der Waals surface area contributed by atoms with Gasteiger partial charge in [-0.2, -0.15) is 8.42 Å². The number of para-hydroxylation sites is 1. The van der Waals surface area contributed by atoms with Gasteiger partial charge in [0.2, 0.25) is 0 Å². The van der Waals surface area contributed by atoms with Gasteiger partial charge in [-0.05, 0) is 25.0 Å². The van der Waals surface area contributed by atoms with E-state index in [2.05, 4.69) is 6.92 Å². The monoisotopic (exact) mass is 326 g/mol. The molecule has 0 saturated carbocycles. The molecule has 1 unspecified atom stereocenters. The molecule has 19 heavy (non-hydrogen) atoms. The molecule has 0 aliphatic rings. The van der Waals surface area contributed by atoms with E-state index in [4.69, 9.17) is 4.18 Å². The van der Waals surface area contributed by atoms with Crippen molar-refractivity contribution in [2.75, 3.05) is 0 Å². The third-order valence-electron chi connectivity index (χ3n) is 2.85. The number of benzene rings is 1. The van der Waals surface area contributed by atoms with Gasteiger partial charge >= 0.3 is 10.1 Å². The molecule has 5 heteroatoms. The quantitative estimate of drug-likeness (QED) is 0.540. The van der Waals surface area contributed by atoms with Crippen LogP contribution in [0.3, 0.4) is 0 Å². The molecule has 1 aromatic carbocycles. The minimum atomic E-state index is -3.51. The summed E-state index contributed by atoms with van der Waals surface area (Å²) in [7, 11) is -3.51. The summed E-state index contributed by atoms with van der Waals surface area (Å²) in [5.74, 6) is 0.398. The Balaban J connectivity index is 0.00000324. The molecule has 0 amide bonds. The Bertz CT molecular complexity index is 431. The SMILES string of the molecule is CCCCC(CCC)S(=O)(=O)Oc1ccccc1.[Fe]. The number of unbranched alkanes of at least 4 members (excludes halogenated alkanes) is 1. The van der Waals surface area contributed by atoms with Gasteiger partial charge in [-0.3, -0.25) is 0 Å². The van der Waals surface area contributed by atoms with Crippen molar-refractivity contribution < 1.29 is 29.7 Å². The fourth-order valence-electron chi connectivity index (χ4n) is 1.86. The van der Waals surface area contributed by atoms with E-state index < -0.39 is 10.1 Å². The van der Waals surface area contributed by atoms with Gasteiger partial charge in [0.25, 0.3) is 0 Å². The maximum atomic E-state index is 12.2. The molecular formula is C14H22FeO3S. The second-order valence-electron chi connectivity index (χ2n) is 4.44. The van der Waals surface area contributed by atoms with E-state index in [1.54, 1.807) is 24.3 Å². The maximum Gasteiger partial charge on any atom is 0.312 e. The molecule has 1 rings (SSSR count). The maximum absolute atomic E-state index is 12.2. The zero-order valence-electron chi connectivity index (χ0n) is 11.5. The fourth-order valence-corrected chi connectivity index (χ4v) is 3.36. The summed E-state index contributed by atoms with van der Waals surface area (Å²) in [6, 6.07) is 8.71. The van der Waals surface area contributed by atoms with Crippen LogP contribution < -0.4 is 4.18 Å². The molecule has 0 fully saturated rings. The van der Waals surface area contributed by atoms with Crippen LogP contribution in [-0.4, -0.2) is 13.7 Å². The molecule has 1 aromatic rings. The van der Waals surface area contributed by atoms with Crippen LogP contribution in [0.2, 0.25) is 0 Å². The molecule has 0 radical (unpaired) electrons. The van der Waals surface area contributed by atoms with Crippen molar-refractivity contribution in [2.24, 2.45) is 0 Å². The van der Waals surface area contributed by atoms with Gasteiger partial charge in [0.05, 0.1) is 5.25 Å². The second-order valence-corrected chi connectivity index (χ2v) is 6.26. The average molecular weight is 326 g/mol. The topological polar surface area (TPSA) is 43.4 Å². The largest absolute Gasteiger partial charge is 0.382 e. The summed E-state index contributed by atoms with van der Waals surface area (Å²) < 4.78 is 29.5. The molecular weight excluding hydrogens is 304 g/mol. The zero-order chi connectivity index (χ0) is 13.4. The minimum Gasteiger partial charge on any atom is -0.382 e. The van der Waals surface area contributed by atoms with Gasteiger partial charge < -0.3 is 4.18 Å². The summed E-state index contributed by atoms with van der Waals surface area (Å²) in [6.07, 6.45) is 4.11. The molecule has 0 bridgehead atoms. The van der Waals surface area contributed by atoms with E-state index in [0.717, 1.165) is 19.3 Å². The zero-order valence-corrected chi connectivity index (χ0v) is 13.4. The number of hydrogen-bond donors (Lipinski definition) is 0. The molecule has 1 atom stereocenters. The second kappa shape index (κ2) is 9.40. The van der Waals surface area contributed by atoms with E-state index in [0.29, 0.717) is 18.6 Å². The van der Waals surface area contributed by atoms with E-state index in [-0.39, 0.29) is 22.3 Å². The Hall–Kier alpha value is -0.511. The van der Waals surface area contributed by atoms with E-state index in [1.165, 1.54) is 0 Å². The summed E-state index contributed by atoms with van der Waals surface area (Å²) in [4.78, 5) is 0. The van der Waals surface area contributed by atoms with Crippen molar-refractivity contribution in [1.29, 1.82) is 0 Å². The molecule has 110 valence electrons. The summed E-state index contributed by atoms with van der Waals surface area (Å²) in [5.41, 5.74) is 0. The van der Waals surface area contributed by atoms with Gasteiger partial charge in [-0.15, -0.1) is 0 Å². The summed E-state index contributed by atoms with van der Waals surface area (Å²) in [6.45, 7) is 4.06.